The van der Waals surface area contributed by atoms with Crippen LogP contribution in [0.4, 0.5) is 4.39 Å². The first-order valence-corrected chi connectivity index (χ1v) is 9.14. The summed E-state index contributed by atoms with van der Waals surface area (Å²) in [6.45, 7) is -0.0798. The number of sulfone groups is 1. The van der Waals surface area contributed by atoms with Crippen LogP contribution in [0.5, 0.6) is 0 Å². The number of benzene rings is 1. The number of carbonyl (C=O) groups is 1. The zero-order valence-electron chi connectivity index (χ0n) is 12.4. The molecule has 0 saturated carbocycles. The summed E-state index contributed by atoms with van der Waals surface area (Å²) in [5.41, 5.74) is 1.08. The summed E-state index contributed by atoms with van der Waals surface area (Å²) in [5, 5.41) is 0.639. The van der Waals surface area contributed by atoms with Crippen molar-refractivity contribution < 1.29 is 22.3 Å². The van der Waals surface area contributed by atoms with Crippen molar-refractivity contribution in [3.05, 3.63) is 41.8 Å². The monoisotopic (exact) mass is 337 g/mol. The van der Waals surface area contributed by atoms with E-state index in [0.717, 1.165) is 0 Å². The Balaban J connectivity index is 1.65. The van der Waals surface area contributed by atoms with Crippen LogP contribution in [0.3, 0.4) is 0 Å². The molecule has 1 aliphatic rings. The number of halogens is 1. The molecule has 0 N–H and O–H groups in total. The second-order valence-corrected chi connectivity index (χ2v) is 8.00. The number of hydrogen-bond acceptors (Lipinski definition) is 5. The van der Waals surface area contributed by atoms with Crippen molar-refractivity contribution in [3.63, 3.8) is 0 Å². The third-order valence-corrected chi connectivity index (χ3v) is 5.76. The Morgan fingerprint density at radius 3 is 2.96 bits per heavy atom. The second kappa shape index (κ2) is 6.23. The van der Waals surface area contributed by atoms with Gasteiger partial charge in [0.05, 0.1) is 17.0 Å². The highest BCUT2D eigenvalue weighted by Gasteiger charge is 2.29. The molecule has 1 fully saturated rings. The summed E-state index contributed by atoms with van der Waals surface area (Å²) in [4.78, 5) is 16.1. The average molecular weight is 337 g/mol. The summed E-state index contributed by atoms with van der Waals surface area (Å²) in [6, 6.07) is 6.11. The van der Waals surface area contributed by atoms with E-state index in [1.807, 2.05) is 0 Å². The predicted octanol–water partition coefficient (Wildman–Crippen LogP) is 2.24. The van der Waals surface area contributed by atoms with Gasteiger partial charge in [0.1, 0.15) is 12.4 Å². The maximum absolute atomic E-state index is 13.6. The number of pyridine rings is 1. The number of aromatic nitrogens is 1. The smallest absolute Gasteiger partial charge is 0.306 e. The van der Waals surface area contributed by atoms with Crippen molar-refractivity contribution in [3.8, 4) is 0 Å². The van der Waals surface area contributed by atoms with Crippen molar-refractivity contribution in [1.82, 2.24) is 4.98 Å². The van der Waals surface area contributed by atoms with Crippen molar-refractivity contribution in [1.29, 1.82) is 0 Å². The minimum Gasteiger partial charge on any atom is -0.461 e. The molecule has 1 atom stereocenters. The molecule has 1 aliphatic heterocycles. The number of ether oxygens (including phenoxy) is 1. The molecule has 2 aromatic rings. The average Bonchev–Trinajstić information content (AvgIpc) is 2.83. The predicted molar refractivity (Wildman–Crippen MR) is 82.9 cm³/mol. The molecule has 0 radical (unpaired) electrons. The molecular formula is C16H16FNO4S. The Labute approximate surface area is 133 Å². The first-order valence-electron chi connectivity index (χ1n) is 7.32. The van der Waals surface area contributed by atoms with E-state index in [2.05, 4.69) is 4.98 Å². The Morgan fingerprint density at radius 1 is 1.39 bits per heavy atom. The molecule has 122 valence electrons. The molecule has 23 heavy (non-hydrogen) atoms. The van der Waals surface area contributed by atoms with E-state index in [9.17, 15) is 17.6 Å². The van der Waals surface area contributed by atoms with E-state index < -0.39 is 21.6 Å². The quantitative estimate of drug-likeness (QED) is 0.800. The SMILES string of the molecule is O=C(C[C@H]1CCS(=O)(=O)C1)OCc1cc(F)cc2cccnc12. The summed E-state index contributed by atoms with van der Waals surface area (Å²) >= 11 is 0. The van der Waals surface area contributed by atoms with Crippen LogP contribution >= 0.6 is 0 Å². The molecule has 7 heteroatoms. The standard InChI is InChI=1S/C16H16FNO4S/c17-14-7-12-2-1-4-18-16(12)13(8-14)9-22-15(19)6-11-3-5-23(20,21)10-11/h1-2,4,7-8,11H,3,5-6,9-10H2/t11-/m1/s1. The highest BCUT2D eigenvalue weighted by Crippen LogP contribution is 2.23. The first-order chi connectivity index (χ1) is 10.9. The van der Waals surface area contributed by atoms with Crippen molar-refractivity contribution in [2.75, 3.05) is 11.5 Å². The molecule has 5 nitrogen and oxygen atoms in total. The maximum Gasteiger partial charge on any atom is 0.306 e. The van der Waals surface area contributed by atoms with Gasteiger partial charge in [-0.2, -0.15) is 0 Å². The van der Waals surface area contributed by atoms with E-state index in [-0.39, 0.29) is 30.5 Å². The Bertz CT molecular complexity index is 850. The largest absolute Gasteiger partial charge is 0.461 e. The number of hydrogen-bond donors (Lipinski definition) is 0. The lowest BCUT2D eigenvalue weighted by atomic mass is 10.1. The number of fused-ring (bicyclic) bond motifs is 1. The first kappa shape index (κ1) is 15.9. The lowest BCUT2D eigenvalue weighted by molar-refractivity contribution is -0.145. The molecule has 1 aromatic carbocycles. The molecule has 1 aromatic heterocycles. The van der Waals surface area contributed by atoms with Gasteiger partial charge in [0.25, 0.3) is 0 Å². The third-order valence-electron chi connectivity index (χ3n) is 3.92. The van der Waals surface area contributed by atoms with Crippen LogP contribution in [0, 0.1) is 11.7 Å². The number of nitrogens with zero attached hydrogens (tertiary/aromatic N) is 1. The van der Waals surface area contributed by atoms with Crippen molar-refractivity contribution >= 4 is 26.7 Å². The van der Waals surface area contributed by atoms with E-state index in [1.54, 1.807) is 18.3 Å². The minimum atomic E-state index is -3.01. The number of esters is 1. The van der Waals surface area contributed by atoms with Gasteiger partial charge in [-0.15, -0.1) is 0 Å². The van der Waals surface area contributed by atoms with Gasteiger partial charge in [-0.25, -0.2) is 12.8 Å². The van der Waals surface area contributed by atoms with Crippen molar-refractivity contribution in [2.24, 2.45) is 5.92 Å². The van der Waals surface area contributed by atoms with Crippen molar-refractivity contribution in [2.45, 2.75) is 19.4 Å². The van der Waals surface area contributed by atoms with Gasteiger partial charge in [-0.1, -0.05) is 6.07 Å². The van der Waals surface area contributed by atoms with E-state index in [0.29, 0.717) is 22.9 Å². The molecule has 0 aliphatic carbocycles. The van der Waals surface area contributed by atoms with Crippen LogP contribution in [-0.2, 0) is 26.0 Å². The number of carbonyl (C=O) groups excluding carboxylic acids is 1. The zero-order valence-corrected chi connectivity index (χ0v) is 13.2. The molecule has 2 heterocycles. The number of rotatable bonds is 4. The van der Waals surface area contributed by atoms with Gasteiger partial charge in [-0.05, 0) is 30.5 Å². The topological polar surface area (TPSA) is 73.3 Å². The molecule has 0 amide bonds. The highest BCUT2D eigenvalue weighted by molar-refractivity contribution is 7.91. The van der Waals surface area contributed by atoms with Crippen LogP contribution in [0.15, 0.2) is 30.5 Å². The van der Waals surface area contributed by atoms with Crippen LogP contribution < -0.4 is 0 Å². The lowest BCUT2D eigenvalue weighted by Gasteiger charge is -2.10. The molecular weight excluding hydrogens is 321 g/mol. The maximum atomic E-state index is 13.6. The third kappa shape index (κ3) is 3.85. The minimum absolute atomic E-state index is 0.0343. The fourth-order valence-corrected chi connectivity index (χ4v) is 4.69. The summed E-state index contributed by atoms with van der Waals surface area (Å²) < 4.78 is 41.5. The summed E-state index contributed by atoms with van der Waals surface area (Å²) in [6.07, 6.45) is 2.15. The Morgan fingerprint density at radius 2 is 2.22 bits per heavy atom. The normalized spacial score (nSPS) is 19.8. The Hall–Kier alpha value is -2.02. The van der Waals surface area contributed by atoms with Gasteiger partial charge >= 0.3 is 5.97 Å². The zero-order chi connectivity index (χ0) is 16.4. The van der Waals surface area contributed by atoms with Crippen LogP contribution in [0.1, 0.15) is 18.4 Å². The van der Waals surface area contributed by atoms with Crippen LogP contribution in [-0.4, -0.2) is 30.9 Å². The van der Waals surface area contributed by atoms with Gasteiger partial charge in [0.2, 0.25) is 0 Å². The van der Waals surface area contributed by atoms with Crippen LogP contribution in [0.2, 0.25) is 0 Å². The van der Waals surface area contributed by atoms with Gasteiger partial charge in [0.15, 0.2) is 9.84 Å². The highest BCUT2D eigenvalue weighted by atomic mass is 32.2. The van der Waals surface area contributed by atoms with Gasteiger partial charge < -0.3 is 4.74 Å². The second-order valence-electron chi connectivity index (χ2n) is 5.77. The van der Waals surface area contributed by atoms with E-state index >= 15 is 0 Å². The fourth-order valence-electron chi connectivity index (χ4n) is 2.82. The molecule has 0 spiro atoms. The van der Waals surface area contributed by atoms with Gasteiger partial charge in [0, 0.05) is 23.6 Å². The molecule has 3 rings (SSSR count). The van der Waals surface area contributed by atoms with Gasteiger partial charge in [-0.3, -0.25) is 9.78 Å². The summed E-state index contributed by atoms with van der Waals surface area (Å²) in [5.74, 6) is -0.913. The van der Waals surface area contributed by atoms with Crippen LogP contribution in [0.25, 0.3) is 10.9 Å². The van der Waals surface area contributed by atoms with E-state index in [4.69, 9.17) is 4.74 Å². The molecule has 1 saturated heterocycles. The molecule has 0 unspecified atom stereocenters. The van der Waals surface area contributed by atoms with E-state index in [1.165, 1.54) is 12.1 Å². The Kier molecular flexibility index (Phi) is 4.30. The molecule has 0 bridgehead atoms. The summed E-state index contributed by atoms with van der Waals surface area (Å²) in [7, 11) is -3.01. The fraction of sp³-hybridized carbons (Fsp3) is 0.375. The lowest BCUT2D eigenvalue weighted by Crippen LogP contribution is -2.13.